The van der Waals surface area contributed by atoms with Crippen LogP contribution in [0, 0.1) is 5.82 Å². The second kappa shape index (κ2) is 10.0. The first kappa shape index (κ1) is 22.2. The first-order valence-corrected chi connectivity index (χ1v) is 10.6. The van der Waals surface area contributed by atoms with Crippen LogP contribution < -0.4 is 10.6 Å². The van der Waals surface area contributed by atoms with Crippen LogP contribution in [0.3, 0.4) is 0 Å². The van der Waals surface area contributed by atoms with Crippen molar-refractivity contribution in [3.05, 3.63) is 46.9 Å². The molecule has 2 amide bonds. The van der Waals surface area contributed by atoms with E-state index in [2.05, 4.69) is 34.3 Å². The number of nitrogens with one attached hydrogen (secondary N) is 2. The zero-order chi connectivity index (χ0) is 21.7. The number of amides is 2. The van der Waals surface area contributed by atoms with Crippen molar-refractivity contribution in [1.29, 1.82) is 0 Å². The van der Waals surface area contributed by atoms with Crippen molar-refractivity contribution in [2.24, 2.45) is 0 Å². The Bertz CT molecular complexity index is 788. The predicted octanol–water partition coefficient (Wildman–Crippen LogP) is 2.41. The molecule has 1 fully saturated rings. The minimum atomic E-state index is -0.685. The molecule has 30 heavy (non-hydrogen) atoms. The van der Waals surface area contributed by atoms with Crippen molar-refractivity contribution < 1.29 is 18.7 Å². The Morgan fingerprint density at radius 3 is 2.47 bits per heavy atom. The summed E-state index contributed by atoms with van der Waals surface area (Å²) in [5, 5.41) is 5.59. The number of hydrogen-bond acceptors (Lipinski definition) is 5. The van der Waals surface area contributed by atoms with Crippen LogP contribution in [0.25, 0.3) is 0 Å². The molecule has 2 N–H and O–H groups in total. The molecule has 0 bridgehead atoms. The number of rotatable bonds is 7. The minimum absolute atomic E-state index is 0.229. The molecule has 8 heteroatoms. The summed E-state index contributed by atoms with van der Waals surface area (Å²) in [5.41, 5.74) is 1.55. The molecule has 0 unspecified atom stereocenters. The lowest BCUT2D eigenvalue weighted by Crippen LogP contribution is -2.53. The molecule has 3 rings (SSSR count). The monoisotopic (exact) mass is 418 g/mol. The molecule has 0 aliphatic carbocycles. The number of carbonyl (C=O) groups excluding carboxylic acids is 2. The lowest BCUT2D eigenvalue weighted by atomic mass is 9.95. The highest BCUT2D eigenvalue weighted by molar-refractivity contribution is 5.95. The number of halogens is 1. The summed E-state index contributed by atoms with van der Waals surface area (Å²) in [5.74, 6) is -0.854. The van der Waals surface area contributed by atoms with Crippen LogP contribution in [-0.4, -0.2) is 67.2 Å². The van der Waals surface area contributed by atoms with Gasteiger partial charge in [-0.3, -0.25) is 9.80 Å². The van der Waals surface area contributed by atoms with Crippen LogP contribution in [0.2, 0.25) is 0 Å². The van der Waals surface area contributed by atoms with Crippen LogP contribution >= 0.6 is 0 Å². The van der Waals surface area contributed by atoms with Gasteiger partial charge in [0.25, 0.3) is 0 Å². The van der Waals surface area contributed by atoms with Crippen LogP contribution in [0.4, 0.5) is 9.18 Å². The van der Waals surface area contributed by atoms with Gasteiger partial charge < -0.3 is 15.4 Å². The number of carbonyl (C=O) groups is 2. The normalized spacial score (nSPS) is 21.7. The molecule has 1 aromatic carbocycles. The first-order valence-electron chi connectivity index (χ1n) is 10.6. The minimum Gasteiger partial charge on any atom is -0.463 e. The van der Waals surface area contributed by atoms with Crippen molar-refractivity contribution in [2.45, 2.75) is 39.3 Å². The molecule has 2 heterocycles. The lowest BCUT2D eigenvalue weighted by Gasteiger charge is -2.39. The van der Waals surface area contributed by atoms with E-state index in [1.54, 1.807) is 19.1 Å². The molecular formula is C22H31FN4O3. The summed E-state index contributed by atoms with van der Waals surface area (Å²) >= 11 is 0. The van der Waals surface area contributed by atoms with E-state index in [-0.39, 0.29) is 18.5 Å². The Balaban J connectivity index is 1.85. The molecule has 0 spiro atoms. The number of benzene rings is 1. The van der Waals surface area contributed by atoms with Gasteiger partial charge in [0, 0.05) is 44.5 Å². The summed E-state index contributed by atoms with van der Waals surface area (Å²) < 4.78 is 18.7. The molecular weight excluding hydrogens is 387 g/mol. The highest BCUT2D eigenvalue weighted by Gasteiger charge is 2.34. The largest absolute Gasteiger partial charge is 0.463 e. The zero-order valence-corrected chi connectivity index (χ0v) is 17.9. The second-order valence-corrected chi connectivity index (χ2v) is 7.77. The summed E-state index contributed by atoms with van der Waals surface area (Å²) in [4.78, 5) is 29.9. The van der Waals surface area contributed by atoms with Crippen LogP contribution in [0.15, 0.2) is 35.5 Å². The fraction of sp³-hybridized carbons (Fsp3) is 0.545. The number of piperazine rings is 1. The van der Waals surface area contributed by atoms with Gasteiger partial charge in [-0.05, 0) is 38.0 Å². The Morgan fingerprint density at radius 2 is 1.87 bits per heavy atom. The molecule has 1 aromatic rings. The molecule has 7 nitrogen and oxygen atoms in total. The van der Waals surface area contributed by atoms with Crippen LogP contribution in [-0.2, 0) is 9.53 Å². The van der Waals surface area contributed by atoms with E-state index < -0.39 is 12.0 Å². The smallest absolute Gasteiger partial charge is 0.338 e. The zero-order valence-electron chi connectivity index (χ0n) is 17.9. The maximum absolute atomic E-state index is 13.4. The predicted molar refractivity (Wildman–Crippen MR) is 112 cm³/mol. The fourth-order valence-electron chi connectivity index (χ4n) is 3.94. The number of esters is 1. The van der Waals surface area contributed by atoms with Crippen molar-refractivity contribution >= 4 is 12.0 Å². The summed E-state index contributed by atoms with van der Waals surface area (Å²) in [6.45, 7) is 10.5. The van der Waals surface area contributed by atoms with Crippen molar-refractivity contribution in [3.63, 3.8) is 0 Å². The average molecular weight is 419 g/mol. The van der Waals surface area contributed by atoms with Gasteiger partial charge >= 0.3 is 12.0 Å². The van der Waals surface area contributed by atoms with Crippen LogP contribution in [0.1, 0.15) is 38.8 Å². The van der Waals surface area contributed by atoms with Gasteiger partial charge in [-0.25, -0.2) is 14.0 Å². The average Bonchev–Trinajstić information content (AvgIpc) is 2.74. The summed E-state index contributed by atoms with van der Waals surface area (Å²) in [6, 6.07) is 5.27. The highest BCUT2D eigenvalue weighted by Crippen LogP contribution is 2.28. The quantitative estimate of drug-likeness (QED) is 0.666. The Hall–Kier alpha value is -2.45. The van der Waals surface area contributed by atoms with Gasteiger partial charge in [-0.2, -0.15) is 0 Å². The fourth-order valence-corrected chi connectivity index (χ4v) is 3.94. The Morgan fingerprint density at radius 1 is 1.20 bits per heavy atom. The lowest BCUT2D eigenvalue weighted by molar-refractivity contribution is -0.139. The topological polar surface area (TPSA) is 73.9 Å². The van der Waals surface area contributed by atoms with E-state index in [1.807, 2.05) is 0 Å². The Kier molecular flexibility index (Phi) is 7.44. The molecule has 2 aliphatic rings. The number of urea groups is 1. The molecule has 0 aromatic heterocycles. The van der Waals surface area contributed by atoms with E-state index in [9.17, 15) is 14.0 Å². The van der Waals surface area contributed by atoms with E-state index >= 15 is 0 Å². The third-order valence-electron chi connectivity index (χ3n) is 5.86. The molecule has 0 radical (unpaired) electrons. The van der Waals surface area contributed by atoms with Crippen molar-refractivity contribution in [1.82, 2.24) is 20.4 Å². The van der Waals surface area contributed by atoms with E-state index in [0.717, 1.165) is 32.6 Å². The Labute approximate surface area is 177 Å². The van der Waals surface area contributed by atoms with Gasteiger partial charge in [0.15, 0.2) is 0 Å². The number of nitrogens with zero attached hydrogens (tertiary/aromatic N) is 2. The van der Waals surface area contributed by atoms with Gasteiger partial charge in [-0.1, -0.05) is 19.1 Å². The maximum atomic E-state index is 13.4. The molecule has 2 atom stereocenters. The second-order valence-electron chi connectivity index (χ2n) is 7.77. The molecule has 2 aliphatic heterocycles. The summed E-state index contributed by atoms with van der Waals surface area (Å²) in [6.07, 6.45) is 1.11. The highest BCUT2D eigenvalue weighted by atomic mass is 19.1. The number of hydrogen-bond donors (Lipinski definition) is 2. The third kappa shape index (κ3) is 5.17. The van der Waals surface area contributed by atoms with E-state index in [0.29, 0.717) is 29.4 Å². The number of ether oxygens (including phenoxy) is 1. The molecule has 164 valence electrons. The van der Waals surface area contributed by atoms with Gasteiger partial charge in [0.1, 0.15) is 5.82 Å². The maximum Gasteiger partial charge on any atom is 0.338 e. The molecule has 1 saturated heterocycles. The van der Waals surface area contributed by atoms with E-state index in [1.165, 1.54) is 12.1 Å². The van der Waals surface area contributed by atoms with Gasteiger partial charge in [0.05, 0.1) is 18.2 Å². The third-order valence-corrected chi connectivity index (χ3v) is 5.86. The van der Waals surface area contributed by atoms with Crippen molar-refractivity contribution in [3.8, 4) is 0 Å². The SMILES string of the molecule is CCOC(=O)C1=C(CN2CCN([C@H](C)CC)CC2)NC(=O)N[C@@H]1c1ccc(F)cc1. The molecule has 0 saturated carbocycles. The van der Waals surface area contributed by atoms with E-state index in [4.69, 9.17) is 4.74 Å². The first-order chi connectivity index (χ1) is 14.4. The van der Waals surface area contributed by atoms with Gasteiger partial charge in [0.2, 0.25) is 0 Å². The van der Waals surface area contributed by atoms with Crippen molar-refractivity contribution in [2.75, 3.05) is 39.3 Å². The van der Waals surface area contributed by atoms with Crippen LogP contribution in [0.5, 0.6) is 0 Å². The summed E-state index contributed by atoms with van der Waals surface area (Å²) in [7, 11) is 0. The van der Waals surface area contributed by atoms with Gasteiger partial charge in [-0.15, -0.1) is 0 Å². The standard InChI is InChI=1S/C22H31FN4O3/c1-4-15(3)27-12-10-26(11-13-27)14-18-19(21(28)30-5-2)20(25-22(29)24-18)16-6-8-17(23)9-7-16/h6-9,15,20H,4-5,10-14H2,1-3H3,(H2,24,25,29)/t15-,20-/m1/s1.